The van der Waals surface area contributed by atoms with Crippen molar-refractivity contribution in [2.24, 2.45) is 5.41 Å². The molecule has 1 unspecified atom stereocenters. The van der Waals surface area contributed by atoms with E-state index in [2.05, 4.69) is 36.1 Å². The van der Waals surface area contributed by atoms with Crippen LogP contribution >= 0.6 is 0 Å². The summed E-state index contributed by atoms with van der Waals surface area (Å²) in [5.41, 5.74) is 2.74. The van der Waals surface area contributed by atoms with Crippen LogP contribution in [0.15, 0.2) is 24.3 Å². The van der Waals surface area contributed by atoms with E-state index in [0.717, 1.165) is 51.9 Å². The summed E-state index contributed by atoms with van der Waals surface area (Å²) in [6.45, 7) is 6.31. The van der Waals surface area contributed by atoms with Crippen LogP contribution in [0.3, 0.4) is 0 Å². The molecule has 0 radical (unpaired) electrons. The predicted octanol–water partition coefficient (Wildman–Crippen LogP) is 2.83. The van der Waals surface area contributed by atoms with E-state index in [-0.39, 0.29) is 5.41 Å². The lowest BCUT2D eigenvalue weighted by Gasteiger charge is -2.26. The second kappa shape index (κ2) is 5.80. The third kappa shape index (κ3) is 2.84. The zero-order valence-electron chi connectivity index (χ0n) is 13.3. The van der Waals surface area contributed by atoms with Gasteiger partial charge in [0.1, 0.15) is 0 Å². The Morgan fingerprint density at radius 3 is 2.57 bits per heavy atom. The van der Waals surface area contributed by atoms with Gasteiger partial charge in [-0.15, -0.1) is 0 Å². The van der Waals surface area contributed by atoms with Crippen molar-refractivity contribution in [2.45, 2.75) is 39.2 Å². The van der Waals surface area contributed by atoms with Gasteiger partial charge >= 0.3 is 0 Å². The first kappa shape index (κ1) is 14.6. The van der Waals surface area contributed by atoms with Crippen LogP contribution in [0.4, 0.5) is 0 Å². The Morgan fingerprint density at radius 2 is 1.86 bits per heavy atom. The highest BCUT2D eigenvalue weighted by Gasteiger charge is 2.45. The Labute approximate surface area is 127 Å². The molecule has 1 atom stereocenters. The third-order valence-corrected chi connectivity index (χ3v) is 5.42. The first-order chi connectivity index (χ1) is 10.1. The molecule has 0 N–H and O–H groups in total. The maximum Gasteiger partial charge on any atom is 0.228 e. The fraction of sp³-hybridized carbons (Fsp3) is 0.611. The molecule has 2 aliphatic rings. The average Bonchev–Trinajstić information content (AvgIpc) is 2.66. The summed E-state index contributed by atoms with van der Waals surface area (Å²) < 4.78 is 0. The Hall–Kier alpha value is -1.35. The summed E-state index contributed by atoms with van der Waals surface area (Å²) in [4.78, 5) is 16.9. The number of benzene rings is 1. The van der Waals surface area contributed by atoms with Crippen LogP contribution in [0.25, 0.3) is 0 Å². The van der Waals surface area contributed by atoms with Gasteiger partial charge < -0.3 is 4.90 Å². The quantitative estimate of drug-likeness (QED) is 0.834. The van der Waals surface area contributed by atoms with Crippen molar-refractivity contribution in [1.82, 2.24) is 9.80 Å². The van der Waals surface area contributed by atoms with Crippen LogP contribution in [0.5, 0.6) is 0 Å². The molecule has 2 aliphatic heterocycles. The Morgan fingerprint density at radius 1 is 1.10 bits per heavy atom. The number of nitrogens with zero attached hydrogens (tertiary/aromatic N) is 2. The molecule has 1 aromatic rings. The van der Waals surface area contributed by atoms with E-state index in [1.165, 1.54) is 11.1 Å². The maximum atomic E-state index is 12.5. The molecule has 114 valence electrons. The van der Waals surface area contributed by atoms with Crippen LogP contribution in [-0.2, 0) is 11.3 Å². The summed E-state index contributed by atoms with van der Waals surface area (Å²) in [5, 5.41) is 0. The van der Waals surface area contributed by atoms with Crippen molar-refractivity contribution >= 4 is 5.91 Å². The third-order valence-electron chi connectivity index (χ3n) is 5.42. The lowest BCUT2D eigenvalue weighted by atomic mass is 9.79. The topological polar surface area (TPSA) is 23.6 Å². The van der Waals surface area contributed by atoms with Crippen molar-refractivity contribution < 1.29 is 4.79 Å². The number of carbonyl (C=O) groups is 1. The molecule has 1 spiro atoms. The first-order valence-electron chi connectivity index (χ1n) is 8.13. The van der Waals surface area contributed by atoms with E-state index in [1.807, 2.05) is 11.9 Å². The molecule has 2 saturated heterocycles. The monoisotopic (exact) mass is 286 g/mol. The number of hydrogen-bond donors (Lipinski definition) is 0. The molecule has 0 saturated carbocycles. The summed E-state index contributed by atoms with van der Waals surface area (Å²) in [5.74, 6) is 0.389. The highest BCUT2D eigenvalue weighted by atomic mass is 16.2. The number of hydrogen-bond acceptors (Lipinski definition) is 2. The van der Waals surface area contributed by atoms with Crippen LogP contribution < -0.4 is 0 Å². The van der Waals surface area contributed by atoms with Gasteiger partial charge in [0.2, 0.25) is 5.91 Å². The summed E-state index contributed by atoms with van der Waals surface area (Å²) >= 11 is 0. The summed E-state index contributed by atoms with van der Waals surface area (Å²) in [6, 6.07) is 8.63. The zero-order chi connectivity index (χ0) is 14.9. The Bertz CT molecular complexity index is 528. The Kier molecular flexibility index (Phi) is 4.03. The molecular weight excluding hydrogens is 260 g/mol. The molecule has 0 aromatic heterocycles. The van der Waals surface area contributed by atoms with Gasteiger partial charge in [-0.3, -0.25) is 9.69 Å². The molecule has 2 fully saturated rings. The smallest absolute Gasteiger partial charge is 0.228 e. The largest absolute Gasteiger partial charge is 0.345 e. The standard InChI is InChI=1S/C18H26N2O/c1-15-6-3-4-7-16(15)14-20-11-5-8-18(10-13-20)9-12-19(2)17(18)21/h3-4,6-7H,5,8-14H2,1-2H3. The van der Waals surface area contributed by atoms with Gasteiger partial charge in [-0.25, -0.2) is 0 Å². The van der Waals surface area contributed by atoms with Gasteiger partial charge in [-0.1, -0.05) is 24.3 Å². The number of aryl methyl sites for hydroxylation is 1. The van der Waals surface area contributed by atoms with Gasteiger partial charge in [-0.05, 0) is 56.8 Å². The molecule has 1 amide bonds. The second-order valence-corrected chi connectivity index (χ2v) is 6.81. The van der Waals surface area contributed by atoms with Gasteiger partial charge in [0.05, 0.1) is 5.41 Å². The SMILES string of the molecule is Cc1ccccc1CN1CCCC2(CC1)CCN(C)C2=O. The van der Waals surface area contributed by atoms with Gasteiger partial charge in [0.25, 0.3) is 0 Å². The van der Waals surface area contributed by atoms with Crippen molar-refractivity contribution in [3.05, 3.63) is 35.4 Å². The molecule has 0 aliphatic carbocycles. The highest BCUT2D eigenvalue weighted by molar-refractivity contribution is 5.84. The van der Waals surface area contributed by atoms with Crippen LogP contribution in [0.1, 0.15) is 36.8 Å². The molecule has 3 rings (SSSR count). The Balaban J connectivity index is 1.67. The first-order valence-corrected chi connectivity index (χ1v) is 8.13. The van der Waals surface area contributed by atoms with Gasteiger partial charge in [-0.2, -0.15) is 0 Å². The fourth-order valence-electron chi connectivity index (χ4n) is 3.90. The summed E-state index contributed by atoms with van der Waals surface area (Å²) in [6.07, 6.45) is 4.30. The van der Waals surface area contributed by atoms with Gasteiger partial charge in [0, 0.05) is 20.1 Å². The number of rotatable bonds is 2. The second-order valence-electron chi connectivity index (χ2n) is 6.81. The van der Waals surface area contributed by atoms with Crippen LogP contribution in [0.2, 0.25) is 0 Å². The lowest BCUT2D eigenvalue weighted by molar-refractivity contribution is -0.135. The minimum absolute atomic E-state index is 0.0464. The average molecular weight is 286 g/mol. The van der Waals surface area contributed by atoms with E-state index in [9.17, 15) is 4.79 Å². The van der Waals surface area contributed by atoms with Crippen LogP contribution in [0, 0.1) is 12.3 Å². The van der Waals surface area contributed by atoms with E-state index < -0.39 is 0 Å². The number of amides is 1. The fourth-order valence-corrected chi connectivity index (χ4v) is 3.90. The normalized spacial score (nSPS) is 27.3. The zero-order valence-corrected chi connectivity index (χ0v) is 13.3. The van der Waals surface area contributed by atoms with Crippen molar-refractivity contribution in [2.75, 3.05) is 26.7 Å². The van der Waals surface area contributed by atoms with Crippen molar-refractivity contribution in [3.63, 3.8) is 0 Å². The molecule has 2 heterocycles. The molecular formula is C18H26N2O. The lowest BCUT2D eigenvalue weighted by Crippen LogP contribution is -2.33. The summed E-state index contributed by atoms with van der Waals surface area (Å²) in [7, 11) is 1.95. The van der Waals surface area contributed by atoms with Crippen molar-refractivity contribution in [1.29, 1.82) is 0 Å². The predicted molar refractivity (Wildman–Crippen MR) is 85.0 cm³/mol. The molecule has 3 heteroatoms. The molecule has 0 bridgehead atoms. The minimum Gasteiger partial charge on any atom is -0.345 e. The minimum atomic E-state index is -0.0464. The highest BCUT2D eigenvalue weighted by Crippen LogP contribution is 2.41. The molecule has 3 nitrogen and oxygen atoms in total. The maximum absolute atomic E-state index is 12.5. The number of likely N-dealkylation sites (tertiary alicyclic amines) is 2. The van der Waals surface area contributed by atoms with Crippen molar-refractivity contribution in [3.8, 4) is 0 Å². The van der Waals surface area contributed by atoms with Crippen LogP contribution in [-0.4, -0.2) is 42.4 Å². The van der Waals surface area contributed by atoms with E-state index in [1.54, 1.807) is 0 Å². The number of carbonyl (C=O) groups excluding carboxylic acids is 1. The molecule has 1 aromatic carbocycles. The van der Waals surface area contributed by atoms with E-state index >= 15 is 0 Å². The van der Waals surface area contributed by atoms with Gasteiger partial charge in [0.15, 0.2) is 0 Å². The molecule has 21 heavy (non-hydrogen) atoms. The van der Waals surface area contributed by atoms with E-state index in [0.29, 0.717) is 5.91 Å². The van der Waals surface area contributed by atoms with E-state index in [4.69, 9.17) is 0 Å².